The molecule has 3 aromatic rings. The summed E-state index contributed by atoms with van der Waals surface area (Å²) >= 11 is 1.72. The van der Waals surface area contributed by atoms with Crippen molar-refractivity contribution in [3.05, 3.63) is 95.1 Å². The average molecular weight is 434 g/mol. The predicted octanol–water partition coefficient (Wildman–Crippen LogP) is 5.89. The molecule has 0 saturated carbocycles. The van der Waals surface area contributed by atoms with E-state index in [2.05, 4.69) is 42.4 Å². The lowest BCUT2D eigenvalue weighted by molar-refractivity contribution is -0.137. The molecule has 0 spiro atoms. The van der Waals surface area contributed by atoms with E-state index in [1.165, 1.54) is 11.1 Å². The first-order valence-corrected chi connectivity index (χ1v) is 11.3. The van der Waals surface area contributed by atoms with E-state index in [1.54, 1.807) is 11.9 Å². The van der Waals surface area contributed by atoms with Crippen LogP contribution in [-0.4, -0.2) is 28.0 Å². The summed E-state index contributed by atoms with van der Waals surface area (Å²) in [6, 6.07) is 24.4. The van der Waals surface area contributed by atoms with Crippen LogP contribution in [0.3, 0.4) is 0 Å². The van der Waals surface area contributed by atoms with Crippen LogP contribution in [-0.2, 0) is 11.3 Å². The summed E-state index contributed by atoms with van der Waals surface area (Å²) in [6.45, 7) is 5.78. The van der Waals surface area contributed by atoms with Crippen LogP contribution in [0.1, 0.15) is 41.5 Å². The molecule has 0 amide bonds. The van der Waals surface area contributed by atoms with Gasteiger partial charge in [-0.25, -0.2) is 4.31 Å². The SMILES string of the molecule is Cc1ccc(C(CC(=O)O)c2ccccc2)cc1CN1CC(C)Oc2ccccc2S1. The number of aryl methyl sites for hydroxylation is 1. The van der Waals surface area contributed by atoms with Crippen molar-refractivity contribution in [2.45, 2.75) is 43.7 Å². The quantitative estimate of drug-likeness (QED) is 0.491. The third kappa shape index (κ3) is 5.30. The third-order valence-corrected chi connectivity index (χ3v) is 6.64. The zero-order valence-electron chi connectivity index (χ0n) is 17.8. The van der Waals surface area contributed by atoms with Gasteiger partial charge in [0.1, 0.15) is 11.9 Å². The minimum atomic E-state index is -0.790. The Labute approximate surface area is 188 Å². The minimum absolute atomic E-state index is 0.0726. The fourth-order valence-corrected chi connectivity index (χ4v) is 5.11. The lowest BCUT2D eigenvalue weighted by Crippen LogP contribution is -2.27. The Morgan fingerprint density at radius 1 is 1.10 bits per heavy atom. The highest BCUT2D eigenvalue weighted by Gasteiger charge is 2.23. The van der Waals surface area contributed by atoms with Crippen molar-refractivity contribution in [3.63, 3.8) is 0 Å². The summed E-state index contributed by atoms with van der Waals surface area (Å²) in [5.41, 5.74) is 4.49. The van der Waals surface area contributed by atoms with Gasteiger partial charge >= 0.3 is 5.97 Å². The number of hydrogen-bond acceptors (Lipinski definition) is 4. The molecule has 4 nitrogen and oxygen atoms in total. The molecule has 160 valence electrons. The zero-order chi connectivity index (χ0) is 21.8. The van der Waals surface area contributed by atoms with Crippen LogP contribution in [0.15, 0.2) is 77.7 Å². The van der Waals surface area contributed by atoms with Crippen LogP contribution >= 0.6 is 11.9 Å². The molecule has 1 heterocycles. The van der Waals surface area contributed by atoms with E-state index in [1.807, 2.05) is 48.5 Å². The maximum absolute atomic E-state index is 11.6. The van der Waals surface area contributed by atoms with Gasteiger partial charge in [0.25, 0.3) is 0 Å². The number of nitrogens with zero attached hydrogens (tertiary/aromatic N) is 1. The monoisotopic (exact) mass is 433 g/mol. The first kappa shape index (κ1) is 21.5. The molecule has 1 aliphatic rings. The topological polar surface area (TPSA) is 49.8 Å². The lowest BCUT2D eigenvalue weighted by atomic mass is 9.87. The molecule has 0 bridgehead atoms. The maximum atomic E-state index is 11.6. The number of fused-ring (bicyclic) bond motifs is 1. The molecule has 3 aromatic carbocycles. The van der Waals surface area contributed by atoms with Crippen molar-refractivity contribution >= 4 is 17.9 Å². The molecule has 31 heavy (non-hydrogen) atoms. The molecular formula is C26H27NO3S. The van der Waals surface area contributed by atoms with Gasteiger partial charge in [-0.2, -0.15) is 0 Å². The molecule has 0 fully saturated rings. The normalized spacial score (nSPS) is 17.3. The summed E-state index contributed by atoms with van der Waals surface area (Å²) in [5, 5.41) is 9.52. The lowest BCUT2D eigenvalue weighted by Gasteiger charge is -2.23. The highest BCUT2D eigenvalue weighted by molar-refractivity contribution is 7.97. The van der Waals surface area contributed by atoms with Crippen LogP contribution in [0, 0.1) is 6.92 Å². The van der Waals surface area contributed by atoms with E-state index < -0.39 is 5.97 Å². The summed E-state index contributed by atoms with van der Waals surface area (Å²) in [5.74, 6) is -0.0296. The highest BCUT2D eigenvalue weighted by atomic mass is 32.2. The molecule has 2 atom stereocenters. The molecular weight excluding hydrogens is 406 g/mol. The maximum Gasteiger partial charge on any atom is 0.304 e. The van der Waals surface area contributed by atoms with E-state index in [4.69, 9.17) is 4.74 Å². The summed E-state index contributed by atoms with van der Waals surface area (Å²) in [4.78, 5) is 12.7. The van der Waals surface area contributed by atoms with Crippen molar-refractivity contribution in [1.29, 1.82) is 0 Å². The Bertz CT molecular complexity index is 1050. The highest BCUT2D eigenvalue weighted by Crippen LogP contribution is 2.37. The molecule has 0 aliphatic carbocycles. The van der Waals surface area contributed by atoms with Gasteiger partial charge < -0.3 is 9.84 Å². The van der Waals surface area contributed by atoms with Crippen molar-refractivity contribution in [1.82, 2.24) is 4.31 Å². The number of rotatable bonds is 6. The van der Waals surface area contributed by atoms with E-state index in [-0.39, 0.29) is 18.4 Å². The minimum Gasteiger partial charge on any atom is -0.488 e. The van der Waals surface area contributed by atoms with Gasteiger partial charge in [0.2, 0.25) is 0 Å². The number of aliphatic carboxylic acids is 1. The number of benzene rings is 3. The third-order valence-electron chi connectivity index (χ3n) is 5.57. The second-order valence-corrected chi connectivity index (χ2v) is 9.17. The molecule has 1 aliphatic heterocycles. The summed E-state index contributed by atoms with van der Waals surface area (Å²) in [7, 11) is 0. The van der Waals surface area contributed by atoms with E-state index >= 15 is 0 Å². The van der Waals surface area contributed by atoms with E-state index in [0.717, 1.165) is 34.9 Å². The van der Waals surface area contributed by atoms with Crippen molar-refractivity contribution < 1.29 is 14.6 Å². The number of carboxylic acid groups (broad SMARTS) is 1. The standard InChI is InChI=1S/C26H27NO3S/c1-18-12-13-21(23(15-26(28)29)20-8-4-3-5-9-20)14-22(18)17-27-16-19(2)30-24-10-6-7-11-25(24)31-27/h3-14,19,23H,15-17H2,1-2H3,(H,28,29). The van der Waals surface area contributed by atoms with Gasteiger partial charge in [-0.05, 0) is 60.2 Å². The number of carbonyl (C=O) groups is 1. The Kier molecular flexibility index (Phi) is 6.64. The second-order valence-electron chi connectivity index (χ2n) is 8.04. The van der Waals surface area contributed by atoms with Gasteiger partial charge in [0.15, 0.2) is 0 Å². The fraction of sp³-hybridized carbons (Fsp3) is 0.269. The van der Waals surface area contributed by atoms with Crippen LogP contribution in [0.4, 0.5) is 0 Å². The molecule has 0 aromatic heterocycles. The number of carboxylic acids is 1. The Morgan fingerprint density at radius 3 is 2.61 bits per heavy atom. The molecule has 0 saturated heterocycles. The molecule has 0 radical (unpaired) electrons. The Morgan fingerprint density at radius 2 is 1.84 bits per heavy atom. The molecule has 4 rings (SSSR count). The zero-order valence-corrected chi connectivity index (χ0v) is 18.6. The molecule has 2 unspecified atom stereocenters. The van der Waals surface area contributed by atoms with Crippen molar-refractivity contribution in [3.8, 4) is 5.75 Å². The number of para-hydroxylation sites is 1. The van der Waals surface area contributed by atoms with Gasteiger partial charge in [0, 0.05) is 19.0 Å². The second kappa shape index (κ2) is 9.58. The smallest absolute Gasteiger partial charge is 0.304 e. The van der Waals surface area contributed by atoms with Crippen molar-refractivity contribution in [2.24, 2.45) is 0 Å². The van der Waals surface area contributed by atoms with Crippen LogP contribution in [0.5, 0.6) is 5.75 Å². The first-order valence-electron chi connectivity index (χ1n) is 10.5. The van der Waals surface area contributed by atoms with E-state index in [0.29, 0.717) is 0 Å². The van der Waals surface area contributed by atoms with Gasteiger partial charge in [0.05, 0.1) is 11.3 Å². The van der Waals surface area contributed by atoms with Crippen molar-refractivity contribution in [2.75, 3.05) is 6.54 Å². The average Bonchev–Trinajstić information content (AvgIpc) is 2.91. The molecule has 1 N–H and O–H groups in total. The number of hydrogen-bond donors (Lipinski definition) is 1. The first-order chi connectivity index (χ1) is 15.0. The largest absolute Gasteiger partial charge is 0.488 e. The summed E-state index contributed by atoms with van der Waals surface area (Å²) < 4.78 is 8.42. The van der Waals surface area contributed by atoms with Gasteiger partial charge in [-0.1, -0.05) is 60.7 Å². The Hall–Kier alpha value is -2.76. The predicted molar refractivity (Wildman–Crippen MR) is 125 cm³/mol. The number of ether oxygens (including phenoxy) is 1. The van der Waals surface area contributed by atoms with Crippen LogP contribution in [0.25, 0.3) is 0 Å². The van der Waals surface area contributed by atoms with Gasteiger partial charge in [-0.3, -0.25) is 4.79 Å². The fourth-order valence-electron chi connectivity index (χ4n) is 3.99. The molecule has 5 heteroatoms. The van der Waals surface area contributed by atoms with Gasteiger partial charge in [-0.15, -0.1) is 0 Å². The van der Waals surface area contributed by atoms with E-state index in [9.17, 15) is 9.90 Å². The van der Waals surface area contributed by atoms with Crippen LogP contribution < -0.4 is 4.74 Å². The Balaban J connectivity index is 1.62. The summed E-state index contributed by atoms with van der Waals surface area (Å²) in [6.07, 6.45) is 0.159. The van der Waals surface area contributed by atoms with Crippen LogP contribution in [0.2, 0.25) is 0 Å².